The van der Waals surface area contributed by atoms with Gasteiger partial charge in [0.1, 0.15) is 0 Å². The number of anilines is 2. The van der Waals surface area contributed by atoms with Gasteiger partial charge in [0.15, 0.2) is 0 Å². The second kappa shape index (κ2) is 3.73. The van der Waals surface area contributed by atoms with E-state index in [1.807, 2.05) is 0 Å². The molecule has 1 aromatic rings. The summed E-state index contributed by atoms with van der Waals surface area (Å²) in [7, 11) is 0. The molecule has 3 rings (SSSR count). The van der Waals surface area contributed by atoms with Crippen LogP contribution >= 0.6 is 0 Å². The van der Waals surface area contributed by atoms with E-state index in [1.54, 1.807) is 24.3 Å². The molecule has 1 spiro atoms. The largest absolute Gasteiger partial charge is 0.399 e. The van der Waals surface area contributed by atoms with Crippen LogP contribution in [0.3, 0.4) is 0 Å². The maximum Gasteiger partial charge on any atom is 0.328 e. The Bertz CT molecular complexity index is 523. The summed E-state index contributed by atoms with van der Waals surface area (Å²) in [6, 6.07) is 6.49. The van der Waals surface area contributed by atoms with Gasteiger partial charge in [-0.25, -0.2) is 9.69 Å². The Morgan fingerprint density at radius 1 is 1.28 bits per heavy atom. The third-order valence-electron chi connectivity index (χ3n) is 3.88. The minimum Gasteiger partial charge on any atom is -0.399 e. The predicted octanol–water partition coefficient (Wildman–Crippen LogP) is 1.50. The van der Waals surface area contributed by atoms with Gasteiger partial charge in [-0.05, 0) is 31.0 Å². The van der Waals surface area contributed by atoms with Gasteiger partial charge in [0.25, 0.3) is 0 Å². The Morgan fingerprint density at radius 2 is 2.06 bits per heavy atom. The van der Waals surface area contributed by atoms with E-state index in [0.29, 0.717) is 17.9 Å². The van der Waals surface area contributed by atoms with Gasteiger partial charge in [-0.2, -0.15) is 0 Å². The van der Waals surface area contributed by atoms with Gasteiger partial charge < -0.3 is 11.1 Å². The Kier molecular flexibility index (Phi) is 2.29. The Hall–Kier alpha value is -2.04. The summed E-state index contributed by atoms with van der Waals surface area (Å²) in [6.07, 6.45) is 2.75. The number of imide groups is 1. The van der Waals surface area contributed by atoms with E-state index in [4.69, 9.17) is 5.73 Å². The van der Waals surface area contributed by atoms with Crippen molar-refractivity contribution in [2.24, 2.45) is 5.41 Å². The first kappa shape index (κ1) is 11.1. The highest BCUT2D eigenvalue weighted by Crippen LogP contribution is 2.44. The van der Waals surface area contributed by atoms with Crippen molar-refractivity contribution >= 4 is 23.3 Å². The highest BCUT2D eigenvalue weighted by molar-refractivity contribution is 6.18. The molecule has 5 nitrogen and oxygen atoms in total. The van der Waals surface area contributed by atoms with Gasteiger partial charge in [-0.15, -0.1) is 0 Å². The van der Waals surface area contributed by atoms with Crippen molar-refractivity contribution in [3.8, 4) is 0 Å². The first-order valence-electron chi connectivity index (χ1n) is 6.10. The van der Waals surface area contributed by atoms with Crippen LogP contribution in [-0.4, -0.2) is 18.5 Å². The fraction of sp³-hybridized carbons (Fsp3) is 0.385. The lowest BCUT2D eigenvalue weighted by Gasteiger charge is -2.46. The third kappa shape index (κ3) is 1.47. The molecule has 1 aromatic carbocycles. The summed E-state index contributed by atoms with van der Waals surface area (Å²) < 4.78 is 0. The molecule has 1 aliphatic carbocycles. The van der Waals surface area contributed by atoms with E-state index in [2.05, 4.69) is 5.32 Å². The standard InChI is InChI=1S/C13H15N3O2/c14-9-3-1-4-10(7-9)16-11(17)13(5-2-6-13)8-15-12(16)18/h1,3-4,7H,2,5-6,8,14H2,(H,15,18). The van der Waals surface area contributed by atoms with Crippen LogP contribution in [0.25, 0.3) is 0 Å². The number of benzene rings is 1. The number of nitrogens with one attached hydrogen (secondary N) is 1. The number of urea groups is 1. The van der Waals surface area contributed by atoms with Crippen molar-refractivity contribution in [3.05, 3.63) is 24.3 Å². The summed E-state index contributed by atoms with van der Waals surface area (Å²) in [5.74, 6) is -0.0944. The fourth-order valence-corrected chi connectivity index (χ4v) is 2.62. The van der Waals surface area contributed by atoms with Crippen molar-refractivity contribution < 1.29 is 9.59 Å². The van der Waals surface area contributed by atoms with Crippen LogP contribution in [-0.2, 0) is 4.79 Å². The van der Waals surface area contributed by atoms with E-state index in [0.717, 1.165) is 19.3 Å². The molecule has 0 unspecified atom stereocenters. The monoisotopic (exact) mass is 245 g/mol. The molecular formula is C13H15N3O2. The van der Waals surface area contributed by atoms with Crippen LogP contribution in [0.2, 0.25) is 0 Å². The number of carbonyl (C=O) groups excluding carboxylic acids is 2. The maximum atomic E-state index is 12.5. The number of carbonyl (C=O) groups is 2. The number of hydrogen-bond donors (Lipinski definition) is 2. The maximum absolute atomic E-state index is 12.5. The molecule has 3 N–H and O–H groups in total. The summed E-state index contributed by atoms with van der Waals surface area (Å²) in [6.45, 7) is 0.462. The van der Waals surface area contributed by atoms with Crippen molar-refractivity contribution in [1.82, 2.24) is 5.32 Å². The normalized spacial score (nSPS) is 21.7. The van der Waals surface area contributed by atoms with Gasteiger partial charge in [0.2, 0.25) is 5.91 Å². The Labute approximate surface area is 105 Å². The molecule has 0 aromatic heterocycles. The highest BCUT2D eigenvalue weighted by atomic mass is 16.2. The number of hydrogen-bond acceptors (Lipinski definition) is 3. The lowest BCUT2D eigenvalue weighted by atomic mass is 9.67. The lowest BCUT2D eigenvalue weighted by molar-refractivity contribution is -0.132. The zero-order chi connectivity index (χ0) is 12.8. The molecule has 2 fully saturated rings. The summed E-state index contributed by atoms with van der Waals surface area (Å²) in [5.41, 5.74) is 6.41. The topological polar surface area (TPSA) is 75.4 Å². The molecule has 18 heavy (non-hydrogen) atoms. The van der Waals surface area contributed by atoms with Crippen molar-refractivity contribution in [1.29, 1.82) is 0 Å². The predicted molar refractivity (Wildman–Crippen MR) is 68.0 cm³/mol. The third-order valence-corrected chi connectivity index (χ3v) is 3.88. The van der Waals surface area contributed by atoms with E-state index in [9.17, 15) is 9.59 Å². The molecular weight excluding hydrogens is 230 g/mol. The van der Waals surface area contributed by atoms with Crippen LogP contribution in [0.15, 0.2) is 24.3 Å². The zero-order valence-electron chi connectivity index (χ0n) is 9.98. The highest BCUT2D eigenvalue weighted by Gasteiger charge is 2.51. The first-order chi connectivity index (χ1) is 8.62. The molecule has 3 amide bonds. The molecule has 2 aliphatic rings. The second-order valence-corrected chi connectivity index (χ2v) is 5.03. The molecule has 0 atom stereocenters. The van der Waals surface area contributed by atoms with Crippen LogP contribution in [0.1, 0.15) is 19.3 Å². The van der Waals surface area contributed by atoms with Gasteiger partial charge in [-0.1, -0.05) is 12.5 Å². The van der Waals surface area contributed by atoms with E-state index < -0.39 is 0 Å². The molecule has 1 saturated carbocycles. The minimum atomic E-state index is -0.376. The van der Waals surface area contributed by atoms with E-state index in [-0.39, 0.29) is 17.4 Å². The average molecular weight is 245 g/mol. The smallest absolute Gasteiger partial charge is 0.328 e. The van der Waals surface area contributed by atoms with E-state index >= 15 is 0 Å². The number of nitrogen functional groups attached to an aromatic ring is 1. The summed E-state index contributed by atoms with van der Waals surface area (Å²) >= 11 is 0. The van der Waals surface area contributed by atoms with Gasteiger partial charge >= 0.3 is 6.03 Å². The van der Waals surface area contributed by atoms with Gasteiger partial charge in [-0.3, -0.25) is 4.79 Å². The van der Waals surface area contributed by atoms with Crippen LogP contribution in [0.5, 0.6) is 0 Å². The number of nitrogens with zero attached hydrogens (tertiary/aromatic N) is 1. The molecule has 1 aliphatic heterocycles. The van der Waals surface area contributed by atoms with Gasteiger partial charge in [0, 0.05) is 12.2 Å². The fourth-order valence-electron chi connectivity index (χ4n) is 2.62. The van der Waals surface area contributed by atoms with Crippen molar-refractivity contribution in [3.63, 3.8) is 0 Å². The molecule has 0 bridgehead atoms. The molecule has 1 heterocycles. The SMILES string of the molecule is Nc1cccc(N2C(=O)NCC3(CCC3)C2=O)c1. The Morgan fingerprint density at radius 3 is 2.67 bits per heavy atom. The lowest BCUT2D eigenvalue weighted by Crippen LogP contribution is -2.63. The number of nitrogens with two attached hydrogens (primary N) is 1. The van der Waals surface area contributed by atoms with Crippen LogP contribution < -0.4 is 16.0 Å². The molecule has 94 valence electrons. The molecule has 0 radical (unpaired) electrons. The summed E-state index contributed by atoms with van der Waals surface area (Å²) in [5, 5.41) is 2.80. The van der Waals surface area contributed by atoms with Crippen LogP contribution in [0.4, 0.5) is 16.2 Å². The minimum absolute atomic E-state index is 0.0944. The van der Waals surface area contributed by atoms with E-state index in [1.165, 1.54) is 4.90 Å². The molecule has 5 heteroatoms. The average Bonchev–Trinajstić information content (AvgIpc) is 2.27. The quantitative estimate of drug-likeness (QED) is 0.736. The zero-order valence-corrected chi connectivity index (χ0v) is 9.98. The van der Waals surface area contributed by atoms with Crippen LogP contribution in [0, 0.1) is 5.41 Å². The number of rotatable bonds is 1. The number of amides is 3. The van der Waals surface area contributed by atoms with Crippen molar-refractivity contribution in [2.45, 2.75) is 19.3 Å². The summed E-state index contributed by atoms with van der Waals surface area (Å²) in [4.78, 5) is 25.6. The molecule has 1 saturated heterocycles. The Balaban J connectivity index is 1.98. The van der Waals surface area contributed by atoms with Crippen molar-refractivity contribution in [2.75, 3.05) is 17.2 Å². The first-order valence-corrected chi connectivity index (χ1v) is 6.10. The van der Waals surface area contributed by atoms with Gasteiger partial charge in [0.05, 0.1) is 11.1 Å². The second-order valence-electron chi connectivity index (χ2n) is 5.03.